The molecule has 0 amide bonds. The Bertz CT molecular complexity index is 691. The minimum Gasteiger partial charge on any atom is -0.481 e. The van der Waals surface area contributed by atoms with Crippen LogP contribution in [0.1, 0.15) is 29.9 Å². The molecule has 1 aliphatic heterocycles. The molecule has 1 aliphatic rings. The second-order valence-corrected chi connectivity index (χ2v) is 5.65. The van der Waals surface area contributed by atoms with Crippen molar-refractivity contribution >= 4 is 21.9 Å². The molecule has 0 atom stereocenters. The lowest BCUT2D eigenvalue weighted by atomic mass is 9.92. The van der Waals surface area contributed by atoms with E-state index in [2.05, 4.69) is 25.9 Å². The summed E-state index contributed by atoms with van der Waals surface area (Å²) in [5, 5.41) is 9.22. The van der Waals surface area contributed by atoms with Gasteiger partial charge in [-0.3, -0.25) is 4.98 Å². The van der Waals surface area contributed by atoms with Gasteiger partial charge in [0.25, 0.3) is 0 Å². The number of halogens is 1. The highest BCUT2D eigenvalue weighted by Crippen LogP contribution is 2.48. The van der Waals surface area contributed by atoms with Crippen LogP contribution < -0.4 is 4.74 Å². The summed E-state index contributed by atoms with van der Waals surface area (Å²) in [6, 6.07) is 1.80. The number of carboxylic acids is 1. The number of aromatic amines is 1. The summed E-state index contributed by atoms with van der Waals surface area (Å²) in [5.74, 6) is -0.363. The molecule has 6 heteroatoms. The molecule has 3 heterocycles. The summed E-state index contributed by atoms with van der Waals surface area (Å²) in [7, 11) is 0. The molecule has 0 radical (unpaired) electrons. The van der Waals surface area contributed by atoms with E-state index in [0.717, 1.165) is 16.8 Å². The van der Waals surface area contributed by atoms with Crippen molar-refractivity contribution in [3.05, 3.63) is 34.2 Å². The Morgan fingerprint density at radius 2 is 2.26 bits per heavy atom. The molecule has 0 saturated carbocycles. The zero-order valence-corrected chi connectivity index (χ0v) is 11.9. The quantitative estimate of drug-likeness (QED) is 0.845. The Kier molecular flexibility index (Phi) is 2.47. The van der Waals surface area contributed by atoms with Gasteiger partial charge in [-0.2, -0.15) is 0 Å². The molecule has 3 rings (SSSR count). The van der Waals surface area contributed by atoms with Gasteiger partial charge >= 0.3 is 5.97 Å². The maximum absolute atomic E-state index is 11.2. The molecule has 0 spiro atoms. The van der Waals surface area contributed by atoms with E-state index in [-0.39, 0.29) is 5.69 Å². The van der Waals surface area contributed by atoms with E-state index in [4.69, 9.17) is 4.74 Å². The fourth-order valence-corrected chi connectivity index (χ4v) is 3.33. The first-order chi connectivity index (χ1) is 8.92. The SMILES string of the molecule is CC1(C)Oc2cnccc2-c2[nH]c(C(=O)O)c(Br)c21. The van der Waals surface area contributed by atoms with E-state index in [0.29, 0.717) is 10.2 Å². The lowest BCUT2D eigenvalue weighted by Crippen LogP contribution is -2.29. The van der Waals surface area contributed by atoms with Crippen LogP contribution in [0.25, 0.3) is 11.3 Å². The molecule has 2 N–H and O–H groups in total. The highest BCUT2D eigenvalue weighted by Gasteiger charge is 2.38. The van der Waals surface area contributed by atoms with Gasteiger partial charge in [-0.25, -0.2) is 4.79 Å². The summed E-state index contributed by atoms with van der Waals surface area (Å²) in [5.41, 5.74) is 1.89. The fourth-order valence-electron chi connectivity index (χ4n) is 2.39. The molecule has 0 bridgehead atoms. The number of pyridine rings is 1. The van der Waals surface area contributed by atoms with Gasteiger partial charge < -0.3 is 14.8 Å². The Hall–Kier alpha value is -1.82. The van der Waals surface area contributed by atoms with Gasteiger partial charge in [0.2, 0.25) is 0 Å². The molecular weight excluding hydrogens is 312 g/mol. The van der Waals surface area contributed by atoms with Crippen molar-refractivity contribution in [3.63, 3.8) is 0 Å². The smallest absolute Gasteiger partial charge is 0.353 e. The lowest BCUT2D eigenvalue weighted by molar-refractivity contribution is 0.0690. The van der Waals surface area contributed by atoms with Gasteiger partial charge in [0, 0.05) is 17.3 Å². The minimum absolute atomic E-state index is 0.131. The first kappa shape index (κ1) is 12.2. The van der Waals surface area contributed by atoms with Gasteiger partial charge in [-0.05, 0) is 35.8 Å². The predicted octanol–water partition coefficient (Wildman–Crippen LogP) is 3.16. The zero-order chi connectivity index (χ0) is 13.8. The van der Waals surface area contributed by atoms with Crippen LogP contribution in [0.15, 0.2) is 22.9 Å². The molecule has 0 aliphatic carbocycles. The molecular formula is C13H11BrN2O3. The van der Waals surface area contributed by atoms with E-state index in [9.17, 15) is 9.90 Å². The van der Waals surface area contributed by atoms with Crippen LogP contribution in [0.2, 0.25) is 0 Å². The Balaban J connectivity index is 2.36. The van der Waals surface area contributed by atoms with Crippen molar-refractivity contribution in [2.45, 2.75) is 19.4 Å². The number of carboxylic acid groups (broad SMARTS) is 1. The van der Waals surface area contributed by atoms with Gasteiger partial charge in [-0.15, -0.1) is 0 Å². The molecule has 0 fully saturated rings. The number of hydrogen-bond acceptors (Lipinski definition) is 3. The normalized spacial score (nSPS) is 15.3. The molecule has 2 aromatic rings. The number of ether oxygens (including phenoxy) is 1. The van der Waals surface area contributed by atoms with Crippen LogP contribution >= 0.6 is 15.9 Å². The summed E-state index contributed by atoms with van der Waals surface area (Å²) >= 11 is 3.36. The average Bonchev–Trinajstić information content (AvgIpc) is 2.68. The van der Waals surface area contributed by atoms with Gasteiger partial charge in [0.15, 0.2) is 0 Å². The lowest BCUT2D eigenvalue weighted by Gasteiger charge is -2.32. The van der Waals surface area contributed by atoms with E-state index in [1.54, 1.807) is 18.5 Å². The summed E-state index contributed by atoms with van der Waals surface area (Å²) in [6.07, 6.45) is 3.29. The summed E-state index contributed by atoms with van der Waals surface area (Å²) in [4.78, 5) is 18.2. The number of nitrogens with one attached hydrogen (secondary N) is 1. The molecule has 2 aromatic heterocycles. The largest absolute Gasteiger partial charge is 0.481 e. The second kappa shape index (κ2) is 3.84. The van der Waals surface area contributed by atoms with Crippen LogP contribution in [0.3, 0.4) is 0 Å². The van der Waals surface area contributed by atoms with E-state index in [1.165, 1.54) is 0 Å². The number of rotatable bonds is 1. The van der Waals surface area contributed by atoms with E-state index >= 15 is 0 Å². The van der Waals surface area contributed by atoms with Gasteiger partial charge in [0.05, 0.1) is 16.4 Å². The van der Waals surface area contributed by atoms with Crippen LogP contribution in [0.4, 0.5) is 0 Å². The van der Waals surface area contributed by atoms with Crippen molar-refractivity contribution in [2.75, 3.05) is 0 Å². The molecule has 5 nitrogen and oxygen atoms in total. The maximum Gasteiger partial charge on any atom is 0.353 e. The highest BCUT2D eigenvalue weighted by molar-refractivity contribution is 9.10. The van der Waals surface area contributed by atoms with Crippen LogP contribution in [0.5, 0.6) is 5.75 Å². The first-order valence-electron chi connectivity index (χ1n) is 5.70. The monoisotopic (exact) mass is 322 g/mol. The number of hydrogen-bond donors (Lipinski definition) is 2. The van der Waals surface area contributed by atoms with Gasteiger partial charge in [0.1, 0.15) is 17.0 Å². The molecule has 98 valence electrons. The predicted molar refractivity (Wildman–Crippen MR) is 72.3 cm³/mol. The molecule has 0 aromatic carbocycles. The standard InChI is InChI=1S/C13H11BrN2O3/c1-13(2)8-9(14)11(12(17)18)16-10(8)6-3-4-15-5-7(6)19-13/h3-5,16H,1-2H3,(H,17,18). The first-order valence-corrected chi connectivity index (χ1v) is 6.50. The summed E-state index contributed by atoms with van der Waals surface area (Å²) in [6.45, 7) is 3.79. The number of aromatic nitrogens is 2. The third-order valence-electron chi connectivity index (χ3n) is 3.17. The number of carbonyl (C=O) groups is 1. The third-order valence-corrected chi connectivity index (χ3v) is 3.97. The number of nitrogens with zero attached hydrogens (tertiary/aromatic N) is 1. The van der Waals surface area contributed by atoms with E-state index in [1.807, 2.05) is 13.8 Å². The van der Waals surface area contributed by atoms with Crippen LogP contribution in [-0.2, 0) is 5.60 Å². The average molecular weight is 323 g/mol. The Morgan fingerprint density at radius 1 is 1.53 bits per heavy atom. The van der Waals surface area contributed by atoms with Crippen molar-refractivity contribution in [3.8, 4) is 17.0 Å². The minimum atomic E-state index is -1.01. The van der Waals surface area contributed by atoms with Crippen LogP contribution in [0, 0.1) is 0 Å². The highest BCUT2D eigenvalue weighted by atomic mass is 79.9. The zero-order valence-electron chi connectivity index (χ0n) is 10.3. The number of H-pyrrole nitrogens is 1. The topological polar surface area (TPSA) is 75.2 Å². The van der Waals surface area contributed by atoms with Crippen molar-refractivity contribution in [1.82, 2.24) is 9.97 Å². The van der Waals surface area contributed by atoms with E-state index < -0.39 is 11.6 Å². The fraction of sp³-hybridized carbons (Fsp3) is 0.231. The van der Waals surface area contributed by atoms with Crippen LogP contribution in [-0.4, -0.2) is 21.0 Å². The third kappa shape index (κ3) is 1.67. The Labute approximate surface area is 117 Å². The molecule has 0 unspecified atom stereocenters. The number of fused-ring (bicyclic) bond motifs is 3. The molecule has 19 heavy (non-hydrogen) atoms. The number of aromatic carboxylic acids is 1. The molecule has 0 saturated heterocycles. The van der Waals surface area contributed by atoms with Crippen molar-refractivity contribution in [1.29, 1.82) is 0 Å². The second-order valence-electron chi connectivity index (χ2n) is 4.85. The summed E-state index contributed by atoms with van der Waals surface area (Å²) < 4.78 is 6.44. The van der Waals surface area contributed by atoms with Gasteiger partial charge in [-0.1, -0.05) is 0 Å². The van der Waals surface area contributed by atoms with Crippen molar-refractivity contribution in [2.24, 2.45) is 0 Å². The van der Waals surface area contributed by atoms with Crippen molar-refractivity contribution < 1.29 is 14.6 Å². The Morgan fingerprint density at radius 3 is 2.95 bits per heavy atom. The maximum atomic E-state index is 11.2.